The maximum absolute atomic E-state index is 12.1. The molecular weight excluding hydrogens is 378 g/mol. The Balaban J connectivity index is 2.34. The molecule has 0 aliphatic heterocycles. The van der Waals surface area contributed by atoms with E-state index >= 15 is 0 Å². The van der Waals surface area contributed by atoms with Crippen LogP contribution in [0.5, 0.6) is 0 Å². The van der Waals surface area contributed by atoms with Crippen molar-refractivity contribution in [3.05, 3.63) is 69.3 Å². The van der Waals surface area contributed by atoms with Crippen molar-refractivity contribution in [2.75, 3.05) is 0 Å². The highest BCUT2D eigenvalue weighted by Gasteiger charge is 2.29. The van der Waals surface area contributed by atoms with Crippen molar-refractivity contribution in [3.8, 4) is 0 Å². The highest BCUT2D eigenvalue weighted by molar-refractivity contribution is 9.10. The van der Waals surface area contributed by atoms with Gasteiger partial charge in [0.1, 0.15) is 0 Å². The molecule has 2 aromatic carbocycles. The Kier molecular flexibility index (Phi) is 4.50. The Bertz CT molecular complexity index is 947. The number of fused-ring (bicyclic) bond motifs is 1. The predicted molar refractivity (Wildman–Crippen MR) is 106 cm³/mol. The van der Waals surface area contributed by atoms with E-state index in [1.165, 1.54) is 10.1 Å². The zero-order valence-electron chi connectivity index (χ0n) is 14.9. The molecule has 0 fully saturated rings. The van der Waals surface area contributed by atoms with E-state index in [1.807, 2.05) is 37.3 Å². The quantitative estimate of drug-likeness (QED) is 0.563. The Hall–Kier alpha value is -2.07. The van der Waals surface area contributed by atoms with Crippen molar-refractivity contribution in [2.45, 2.75) is 39.5 Å². The van der Waals surface area contributed by atoms with Gasteiger partial charge in [0.05, 0.1) is 5.52 Å². The second kappa shape index (κ2) is 6.34. The van der Waals surface area contributed by atoms with Gasteiger partial charge in [0.2, 0.25) is 0 Å². The van der Waals surface area contributed by atoms with E-state index in [2.05, 4.69) is 48.8 Å². The highest BCUT2D eigenvalue weighted by Crippen LogP contribution is 2.37. The van der Waals surface area contributed by atoms with Crippen LogP contribution in [0.15, 0.2) is 46.9 Å². The normalized spacial score (nSPS) is 11.9. The van der Waals surface area contributed by atoms with Gasteiger partial charge in [0.25, 0.3) is 0 Å². The fourth-order valence-corrected chi connectivity index (χ4v) is 3.80. The smallest absolute Gasteiger partial charge is 0.416 e. The van der Waals surface area contributed by atoms with Gasteiger partial charge in [-0.1, -0.05) is 67.0 Å². The summed E-state index contributed by atoms with van der Waals surface area (Å²) in [6.45, 7) is 8.18. The van der Waals surface area contributed by atoms with Gasteiger partial charge >= 0.3 is 6.09 Å². The third kappa shape index (κ3) is 3.23. The number of halogens is 1. The van der Waals surface area contributed by atoms with Crippen LogP contribution >= 0.6 is 15.9 Å². The lowest BCUT2D eigenvalue weighted by atomic mass is 9.86. The maximum Gasteiger partial charge on any atom is 0.416 e. The zero-order chi connectivity index (χ0) is 18.4. The third-order valence-electron chi connectivity index (χ3n) is 4.49. The van der Waals surface area contributed by atoms with E-state index in [1.54, 1.807) is 0 Å². The standard InChI is InChI=1S/C21H22BrNO2/c1-13-6-5-7-16-17(12-14-8-10-15(22)11-9-14)19(21(2,3)4)23(18(13)16)20(24)25/h5-11H,12H2,1-4H3,(H,24,25). The first-order valence-corrected chi connectivity index (χ1v) is 9.10. The SMILES string of the molecule is Cc1cccc2c(Cc3ccc(Br)cc3)c(C(C)(C)C)n(C(=O)O)c12. The maximum atomic E-state index is 12.1. The highest BCUT2D eigenvalue weighted by atomic mass is 79.9. The van der Waals surface area contributed by atoms with Crippen LogP contribution in [-0.2, 0) is 11.8 Å². The summed E-state index contributed by atoms with van der Waals surface area (Å²) in [5.74, 6) is 0. The molecule has 0 aliphatic carbocycles. The Morgan fingerprint density at radius 2 is 1.76 bits per heavy atom. The molecule has 0 amide bonds. The van der Waals surface area contributed by atoms with E-state index in [0.29, 0.717) is 6.42 Å². The monoisotopic (exact) mass is 399 g/mol. The first-order valence-electron chi connectivity index (χ1n) is 8.31. The second-order valence-electron chi connectivity index (χ2n) is 7.47. The van der Waals surface area contributed by atoms with Gasteiger partial charge in [-0.25, -0.2) is 9.36 Å². The molecule has 0 bridgehead atoms. The average Bonchev–Trinajstić information content (AvgIpc) is 2.86. The molecule has 0 unspecified atom stereocenters. The van der Waals surface area contributed by atoms with E-state index in [9.17, 15) is 9.90 Å². The molecule has 130 valence electrons. The minimum absolute atomic E-state index is 0.283. The third-order valence-corrected chi connectivity index (χ3v) is 5.02. The van der Waals surface area contributed by atoms with E-state index < -0.39 is 6.09 Å². The number of aromatic nitrogens is 1. The molecule has 3 rings (SSSR count). The molecule has 1 N–H and O–H groups in total. The summed E-state index contributed by atoms with van der Waals surface area (Å²) in [6.07, 6.45) is -0.216. The number of carboxylic acid groups (broad SMARTS) is 1. The van der Waals surface area contributed by atoms with Gasteiger partial charge in [-0.15, -0.1) is 0 Å². The number of hydrogen-bond acceptors (Lipinski definition) is 1. The molecule has 1 heterocycles. The first kappa shape index (κ1) is 17.7. The molecule has 3 aromatic rings. The molecule has 0 atom stereocenters. The number of para-hydroxylation sites is 1. The largest absolute Gasteiger partial charge is 0.464 e. The number of hydrogen-bond donors (Lipinski definition) is 1. The Morgan fingerprint density at radius 3 is 2.32 bits per heavy atom. The van der Waals surface area contributed by atoms with Crippen LogP contribution in [0.4, 0.5) is 4.79 Å². The second-order valence-corrected chi connectivity index (χ2v) is 8.39. The van der Waals surface area contributed by atoms with Gasteiger partial charge in [0.15, 0.2) is 0 Å². The lowest BCUT2D eigenvalue weighted by Crippen LogP contribution is -2.23. The topological polar surface area (TPSA) is 42.2 Å². The van der Waals surface area contributed by atoms with Crippen LogP contribution in [0, 0.1) is 6.92 Å². The summed E-state index contributed by atoms with van der Waals surface area (Å²) in [5.41, 5.74) is 4.62. The first-order chi connectivity index (χ1) is 11.7. The molecule has 0 saturated heterocycles. The minimum Gasteiger partial charge on any atom is -0.464 e. The van der Waals surface area contributed by atoms with Crippen LogP contribution in [-0.4, -0.2) is 15.8 Å². The fraction of sp³-hybridized carbons (Fsp3) is 0.286. The van der Waals surface area contributed by atoms with Gasteiger partial charge in [-0.3, -0.25) is 0 Å². The lowest BCUT2D eigenvalue weighted by Gasteiger charge is -2.22. The van der Waals surface area contributed by atoms with Crippen LogP contribution in [0.2, 0.25) is 0 Å². The average molecular weight is 400 g/mol. The van der Waals surface area contributed by atoms with Gasteiger partial charge in [-0.2, -0.15) is 0 Å². The van der Waals surface area contributed by atoms with E-state index in [4.69, 9.17) is 0 Å². The number of benzene rings is 2. The molecule has 0 spiro atoms. The number of carbonyl (C=O) groups is 1. The molecule has 25 heavy (non-hydrogen) atoms. The summed E-state index contributed by atoms with van der Waals surface area (Å²) >= 11 is 3.47. The molecule has 4 heteroatoms. The van der Waals surface area contributed by atoms with Gasteiger partial charge in [-0.05, 0) is 42.2 Å². The van der Waals surface area contributed by atoms with Crippen LogP contribution in [0.3, 0.4) is 0 Å². The Morgan fingerprint density at radius 1 is 1.12 bits per heavy atom. The number of nitrogens with zero attached hydrogens (tertiary/aromatic N) is 1. The van der Waals surface area contributed by atoms with Gasteiger partial charge in [0, 0.05) is 21.0 Å². The van der Waals surface area contributed by atoms with Crippen molar-refractivity contribution in [2.24, 2.45) is 0 Å². The number of rotatable bonds is 2. The minimum atomic E-state index is -0.925. The van der Waals surface area contributed by atoms with E-state index in [-0.39, 0.29) is 5.41 Å². The molecular formula is C21H22BrNO2. The van der Waals surface area contributed by atoms with Crippen molar-refractivity contribution in [1.29, 1.82) is 0 Å². The molecule has 3 nitrogen and oxygen atoms in total. The van der Waals surface area contributed by atoms with E-state index in [0.717, 1.165) is 32.2 Å². The predicted octanol–water partition coefficient (Wildman–Crippen LogP) is 6.13. The molecule has 0 aliphatic rings. The summed E-state index contributed by atoms with van der Waals surface area (Å²) in [4.78, 5) is 12.1. The van der Waals surface area contributed by atoms with Crippen molar-refractivity contribution in [3.63, 3.8) is 0 Å². The summed E-state index contributed by atoms with van der Waals surface area (Å²) < 4.78 is 2.52. The van der Waals surface area contributed by atoms with Crippen molar-refractivity contribution < 1.29 is 9.90 Å². The molecule has 0 saturated carbocycles. The fourth-order valence-electron chi connectivity index (χ4n) is 3.54. The summed E-state index contributed by atoms with van der Waals surface area (Å²) in [7, 11) is 0. The zero-order valence-corrected chi connectivity index (χ0v) is 16.5. The number of aryl methyl sites for hydroxylation is 1. The molecule has 1 aromatic heterocycles. The molecule has 0 radical (unpaired) electrons. The van der Waals surface area contributed by atoms with Crippen LogP contribution in [0.1, 0.15) is 43.2 Å². The van der Waals surface area contributed by atoms with Crippen LogP contribution in [0.25, 0.3) is 10.9 Å². The van der Waals surface area contributed by atoms with Crippen molar-refractivity contribution >= 4 is 32.9 Å². The Labute approximate surface area is 156 Å². The van der Waals surface area contributed by atoms with Crippen molar-refractivity contribution in [1.82, 2.24) is 4.57 Å². The van der Waals surface area contributed by atoms with Crippen LogP contribution < -0.4 is 0 Å². The lowest BCUT2D eigenvalue weighted by molar-refractivity contribution is 0.195. The van der Waals surface area contributed by atoms with Gasteiger partial charge < -0.3 is 5.11 Å². The summed E-state index contributed by atoms with van der Waals surface area (Å²) in [5, 5.41) is 10.9. The summed E-state index contributed by atoms with van der Waals surface area (Å²) in [6, 6.07) is 14.2.